The van der Waals surface area contributed by atoms with E-state index < -0.39 is 0 Å². The van der Waals surface area contributed by atoms with Crippen LogP contribution in [-0.4, -0.2) is 30.8 Å². The molecule has 0 aliphatic carbocycles. The Hall–Kier alpha value is -5.27. The molecule has 1 N–H and O–H groups in total. The van der Waals surface area contributed by atoms with Crippen molar-refractivity contribution in [1.29, 1.82) is 0 Å². The Bertz CT molecular complexity index is 2040. The first-order valence-corrected chi connectivity index (χ1v) is 18.6. The molecule has 6 nitrogen and oxygen atoms in total. The smallest absolute Gasteiger partial charge is 0.264 e. The summed E-state index contributed by atoms with van der Waals surface area (Å²) in [4.78, 5) is 21.5. The monoisotopic (exact) mass is 691 g/mol. The van der Waals surface area contributed by atoms with Crippen LogP contribution in [0.5, 0.6) is 11.5 Å². The molecule has 256 valence electrons. The molecule has 1 amide bonds. The highest BCUT2D eigenvalue weighted by Crippen LogP contribution is 2.50. The zero-order valence-electron chi connectivity index (χ0n) is 29.0. The minimum Gasteiger partial charge on any atom is -0.490 e. The number of thioether (sulfide) groups is 1. The quantitative estimate of drug-likeness (QED) is 0.156. The van der Waals surface area contributed by atoms with Crippen LogP contribution in [0.2, 0.25) is 0 Å². The highest BCUT2D eigenvalue weighted by atomic mass is 32.2. The van der Waals surface area contributed by atoms with Crippen molar-refractivity contribution < 1.29 is 14.3 Å². The molecule has 2 atom stereocenters. The van der Waals surface area contributed by atoms with E-state index in [1.807, 2.05) is 31.2 Å². The highest BCUT2D eigenvalue weighted by Gasteiger charge is 2.35. The lowest BCUT2D eigenvalue weighted by atomic mass is 9.76. The van der Waals surface area contributed by atoms with Crippen LogP contribution in [0.1, 0.15) is 70.5 Å². The molecule has 5 aromatic rings. The Kier molecular flexibility index (Phi) is 9.37. The number of ether oxygens (including phenoxy) is 2. The number of hydrogen-bond acceptors (Lipinski definition) is 6. The number of hydrogen-bond donors (Lipinski definition) is 1. The molecule has 5 aromatic carbocycles. The summed E-state index contributed by atoms with van der Waals surface area (Å²) in [6, 6.07) is 40.3. The number of benzene rings is 5. The SMILES string of the molecule is CCOc1cc(/C=C2\SC(=Nc3cc4c5c(c3)[C@H](c3ccccc3)CCN5CC[C@@H]4c3ccccc3)NC2=O)ccc1OCc1ccc(C)cc1. The number of nitrogens with zero attached hydrogens (tertiary/aromatic N) is 2. The van der Waals surface area contributed by atoms with Crippen LogP contribution in [-0.2, 0) is 11.4 Å². The lowest BCUT2D eigenvalue weighted by molar-refractivity contribution is -0.115. The molecule has 0 unspecified atom stereocenters. The standard InChI is InChI=1S/C44H41N3O3S/c1-3-49-40-24-31(18-19-39(40)50-28-30-16-14-29(2)15-17-30)25-41-43(48)46-44(51-41)45-34-26-37-35(32-10-6-4-7-11-32)20-22-47-23-21-36(38(27-34)42(37)47)33-12-8-5-9-13-33/h4-19,24-27,35-36H,3,20-23,28H2,1-2H3,(H,45,46,48)/b41-25-/t35-,36+. The second-order valence-corrected chi connectivity index (χ2v) is 14.4. The minimum absolute atomic E-state index is 0.161. The van der Waals surface area contributed by atoms with E-state index in [2.05, 4.69) is 114 Å². The average molecular weight is 692 g/mol. The van der Waals surface area contributed by atoms with Crippen molar-refractivity contribution in [3.05, 3.63) is 159 Å². The number of carbonyl (C=O) groups excluding carboxylic acids is 1. The first kappa shape index (κ1) is 32.9. The Labute approximate surface area is 304 Å². The maximum atomic E-state index is 13.3. The number of carbonyl (C=O) groups is 1. The van der Waals surface area contributed by atoms with Crippen LogP contribution >= 0.6 is 11.8 Å². The summed E-state index contributed by atoms with van der Waals surface area (Å²) < 4.78 is 12.1. The number of amides is 1. The van der Waals surface area contributed by atoms with Gasteiger partial charge in [0.2, 0.25) is 0 Å². The fourth-order valence-electron chi connectivity index (χ4n) is 7.50. The second kappa shape index (κ2) is 14.5. The molecule has 51 heavy (non-hydrogen) atoms. The van der Waals surface area contributed by atoms with Crippen LogP contribution in [0.25, 0.3) is 6.08 Å². The number of aryl methyl sites for hydroxylation is 1. The van der Waals surface area contributed by atoms with Gasteiger partial charge in [-0.2, -0.15) is 0 Å². The minimum atomic E-state index is -0.161. The lowest BCUT2D eigenvalue weighted by Crippen LogP contribution is -2.37. The van der Waals surface area contributed by atoms with Crippen molar-refractivity contribution >= 4 is 40.3 Å². The van der Waals surface area contributed by atoms with Crippen LogP contribution in [0.3, 0.4) is 0 Å². The van der Waals surface area contributed by atoms with E-state index in [0.717, 1.165) is 42.7 Å². The molecule has 0 spiro atoms. The van der Waals surface area contributed by atoms with E-state index in [-0.39, 0.29) is 17.7 Å². The van der Waals surface area contributed by atoms with Crippen molar-refractivity contribution in [1.82, 2.24) is 5.32 Å². The molecular formula is C44H41N3O3S. The van der Waals surface area contributed by atoms with E-state index in [1.165, 1.54) is 45.3 Å². The fraction of sp³-hybridized carbons (Fsp3) is 0.227. The number of amidine groups is 1. The zero-order chi connectivity index (χ0) is 34.7. The molecule has 1 saturated heterocycles. The Morgan fingerprint density at radius 3 is 2.08 bits per heavy atom. The fourth-order valence-corrected chi connectivity index (χ4v) is 8.34. The first-order valence-electron chi connectivity index (χ1n) is 17.8. The van der Waals surface area contributed by atoms with Gasteiger partial charge in [-0.15, -0.1) is 0 Å². The predicted molar refractivity (Wildman–Crippen MR) is 208 cm³/mol. The van der Waals surface area contributed by atoms with Crippen molar-refractivity contribution in [2.75, 3.05) is 24.6 Å². The highest BCUT2D eigenvalue weighted by molar-refractivity contribution is 8.18. The number of nitrogens with one attached hydrogen (secondary N) is 1. The summed E-state index contributed by atoms with van der Waals surface area (Å²) in [5.41, 5.74) is 10.7. The Morgan fingerprint density at radius 2 is 1.45 bits per heavy atom. The molecule has 7 heteroatoms. The zero-order valence-corrected chi connectivity index (χ0v) is 29.8. The summed E-state index contributed by atoms with van der Waals surface area (Å²) in [5.74, 6) is 1.73. The molecule has 3 aliphatic rings. The molecule has 0 aromatic heterocycles. The molecule has 0 saturated carbocycles. The van der Waals surface area contributed by atoms with Gasteiger partial charge in [-0.05, 0) is 102 Å². The Morgan fingerprint density at radius 1 is 0.804 bits per heavy atom. The number of aliphatic imine (C=N–C) groups is 1. The molecule has 1 fully saturated rings. The summed E-state index contributed by atoms with van der Waals surface area (Å²) >= 11 is 1.37. The molecule has 8 rings (SSSR count). The van der Waals surface area contributed by atoms with Gasteiger partial charge in [0.25, 0.3) is 5.91 Å². The van der Waals surface area contributed by atoms with E-state index in [1.54, 1.807) is 0 Å². The molecule has 3 heterocycles. The van der Waals surface area contributed by atoms with Crippen LogP contribution in [0, 0.1) is 6.92 Å². The summed E-state index contributed by atoms with van der Waals surface area (Å²) in [6.07, 6.45) is 4.01. The maximum Gasteiger partial charge on any atom is 0.264 e. The third-order valence-electron chi connectivity index (χ3n) is 9.96. The Balaban J connectivity index is 1.10. The maximum absolute atomic E-state index is 13.3. The topological polar surface area (TPSA) is 63.2 Å². The third-order valence-corrected chi connectivity index (χ3v) is 10.9. The average Bonchev–Trinajstić information content (AvgIpc) is 3.50. The van der Waals surface area contributed by atoms with Crippen molar-refractivity contribution in [3.63, 3.8) is 0 Å². The molecular weight excluding hydrogens is 651 g/mol. The summed E-state index contributed by atoms with van der Waals surface area (Å²) in [5, 5.41) is 3.61. The lowest BCUT2D eigenvalue weighted by Gasteiger charge is -2.43. The third kappa shape index (κ3) is 7.04. The van der Waals surface area contributed by atoms with Gasteiger partial charge in [0.05, 0.1) is 17.2 Å². The van der Waals surface area contributed by atoms with Crippen LogP contribution in [0.4, 0.5) is 11.4 Å². The van der Waals surface area contributed by atoms with Crippen LogP contribution in [0.15, 0.2) is 125 Å². The van der Waals surface area contributed by atoms with E-state index in [0.29, 0.717) is 34.8 Å². The number of anilines is 1. The van der Waals surface area contributed by atoms with Gasteiger partial charge < -0.3 is 19.7 Å². The molecule has 3 aliphatic heterocycles. The normalized spacial score (nSPS) is 19.6. The van der Waals surface area contributed by atoms with E-state index in [9.17, 15) is 4.79 Å². The summed E-state index contributed by atoms with van der Waals surface area (Å²) in [6.45, 7) is 7.06. The molecule has 0 bridgehead atoms. The molecule has 0 radical (unpaired) electrons. The van der Waals surface area contributed by atoms with Gasteiger partial charge in [-0.3, -0.25) is 4.79 Å². The van der Waals surface area contributed by atoms with Crippen molar-refractivity contribution in [2.45, 2.75) is 45.1 Å². The van der Waals surface area contributed by atoms with Gasteiger partial charge >= 0.3 is 0 Å². The predicted octanol–water partition coefficient (Wildman–Crippen LogP) is 9.74. The number of rotatable bonds is 9. The van der Waals surface area contributed by atoms with Gasteiger partial charge in [0.1, 0.15) is 6.61 Å². The van der Waals surface area contributed by atoms with Crippen LogP contribution < -0.4 is 19.7 Å². The largest absolute Gasteiger partial charge is 0.490 e. The van der Waals surface area contributed by atoms with Gasteiger partial charge in [0.15, 0.2) is 16.7 Å². The second-order valence-electron chi connectivity index (χ2n) is 13.4. The van der Waals surface area contributed by atoms with Gasteiger partial charge in [0, 0.05) is 30.6 Å². The first-order chi connectivity index (χ1) is 25.0. The van der Waals surface area contributed by atoms with Gasteiger partial charge in [-0.1, -0.05) is 96.6 Å². The van der Waals surface area contributed by atoms with Crippen molar-refractivity contribution in [3.8, 4) is 11.5 Å². The van der Waals surface area contributed by atoms with Gasteiger partial charge in [-0.25, -0.2) is 4.99 Å². The summed E-state index contributed by atoms with van der Waals surface area (Å²) in [7, 11) is 0. The van der Waals surface area contributed by atoms with E-state index in [4.69, 9.17) is 14.5 Å². The van der Waals surface area contributed by atoms with Crippen molar-refractivity contribution in [2.24, 2.45) is 4.99 Å². The van der Waals surface area contributed by atoms with E-state index >= 15 is 0 Å².